The van der Waals surface area contributed by atoms with Gasteiger partial charge < -0.3 is 0 Å². The van der Waals surface area contributed by atoms with E-state index in [9.17, 15) is 0 Å². The summed E-state index contributed by atoms with van der Waals surface area (Å²) in [5.74, 6) is 0.581. The second-order valence-electron chi connectivity index (χ2n) is 9.01. The van der Waals surface area contributed by atoms with E-state index in [4.69, 9.17) is 0 Å². The monoisotopic (exact) mass is 397 g/mol. The first kappa shape index (κ1) is 20.8. The van der Waals surface area contributed by atoms with Crippen LogP contribution in [0.3, 0.4) is 0 Å². The molecule has 0 heterocycles. The van der Waals surface area contributed by atoms with Crippen molar-refractivity contribution in [1.29, 1.82) is 0 Å². The Hall–Kier alpha value is -2.41. The molecule has 1 aliphatic rings. The van der Waals surface area contributed by atoms with Crippen molar-refractivity contribution in [2.24, 2.45) is 10.9 Å². The minimum Gasteiger partial charge on any atom is -0.297 e. The van der Waals surface area contributed by atoms with Crippen molar-refractivity contribution < 1.29 is 0 Å². The molecule has 4 rings (SSSR count). The van der Waals surface area contributed by atoms with Crippen LogP contribution < -0.4 is 10.4 Å². The molecule has 0 radical (unpaired) electrons. The molecule has 30 heavy (non-hydrogen) atoms. The number of hydrogen-bond donors (Lipinski definition) is 0. The fourth-order valence-corrected chi connectivity index (χ4v) is 5.97. The predicted octanol–water partition coefficient (Wildman–Crippen LogP) is 5.97. The topological polar surface area (TPSA) is 12.4 Å². The summed E-state index contributed by atoms with van der Waals surface area (Å²) in [7, 11) is 1.97. The summed E-state index contributed by atoms with van der Waals surface area (Å²) in [5.41, 5.74) is 8.73. The van der Waals surface area contributed by atoms with E-state index < -0.39 is 0 Å². The van der Waals surface area contributed by atoms with E-state index in [1.165, 1.54) is 67.2 Å². The van der Waals surface area contributed by atoms with Gasteiger partial charge in [0.25, 0.3) is 0 Å². The minimum absolute atomic E-state index is 0.581. The van der Waals surface area contributed by atoms with Gasteiger partial charge in [0.2, 0.25) is 0 Å². The fraction of sp³-hybridized carbons (Fsp3) is 0.414. The number of benzene rings is 3. The van der Waals surface area contributed by atoms with Gasteiger partial charge in [-0.25, -0.2) is 0 Å². The largest absolute Gasteiger partial charge is 0.297 e. The summed E-state index contributed by atoms with van der Waals surface area (Å²) >= 11 is 0. The van der Waals surface area contributed by atoms with Gasteiger partial charge in [-0.15, -0.1) is 0 Å². The molecule has 0 fully saturated rings. The highest BCUT2D eigenvalue weighted by molar-refractivity contribution is 6.04. The molecule has 1 aliphatic carbocycles. The Bertz CT molecular complexity index is 1280. The molecule has 0 saturated heterocycles. The number of rotatable bonds is 4. The number of aryl methyl sites for hydroxylation is 3. The normalized spacial score (nSPS) is 17.0. The molecule has 0 amide bonds. The summed E-state index contributed by atoms with van der Waals surface area (Å²) in [6.07, 6.45) is 6.78. The van der Waals surface area contributed by atoms with Gasteiger partial charge in [-0.2, -0.15) is 0 Å². The molecule has 0 spiro atoms. The van der Waals surface area contributed by atoms with E-state index in [2.05, 4.69) is 64.0 Å². The van der Waals surface area contributed by atoms with E-state index in [1.54, 1.807) is 11.1 Å². The van der Waals surface area contributed by atoms with Crippen molar-refractivity contribution in [1.82, 2.24) is 0 Å². The number of fused-ring (bicyclic) bond motifs is 3. The van der Waals surface area contributed by atoms with Crippen molar-refractivity contribution in [2.45, 2.75) is 66.2 Å². The lowest BCUT2D eigenvalue weighted by molar-refractivity contribution is 0.569. The Morgan fingerprint density at radius 3 is 2.37 bits per heavy atom. The molecule has 0 aliphatic heterocycles. The Labute approximate surface area is 181 Å². The lowest BCUT2D eigenvalue weighted by Gasteiger charge is -2.30. The average Bonchev–Trinajstić information content (AvgIpc) is 2.77. The van der Waals surface area contributed by atoms with Gasteiger partial charge in [0.1, 0.15) is 0 Å². The Morgan fingerprint density at radius 2 is 1.70 bits per heavy atom. The van der Waals surface area contributed by atoms with E-state index >= 15 is 0 Å². The van der Waals surface area contributed by atoms with Crippen LogP contribution in [0.1, 0.15) is 60.9 Å². The Kier molecular flexibility index (Phi) is 5.57. The third-order valence-corrected chi connectivity index (χ3v) is 7.49. The third-order valence-electron chi connectivity index (χ3n) is 7.49. The van der Waals surface area contributed by atoms with Crippen LogP contribution in [0, 0.1) is 19.8 Å². The number of aliphatic imine (C=N–C) groups is 1. The first-order chi connectivity index (χ1) is 14.4. The maximum absolute atomic E-state index is 4.67. The van der Waals surface area contributed by atoms with Crippen molar-refractivity contribution in [3.63, 3.8) is 0 Å². The molecule has 1 heteroatoms. The van der Waals surface area contributed by atoms with Crippen molar-refractivity contribution >= 4 is 40.4 Å². The van der Waals surface area contributed by atoms with Crippen LogP contribution in [0.5, 0.6) is 0 Å². The van der Waals surface area contributed by atoms with Gasteiger partial charge in [-0.05, 0) is 106 Å². The van der Waals surface area contributed by atoms with Crippen LogP contribution in [-0.4, -0.2) is 12.8 Å². The molecule has 1 atom stereocenters. The molecule has 1 nitrogen and oxygen atoms in total. The van der Waals surface area contributed by atoms with Crippen molar-refractivity contribution in [3.8, 4) is 0 Å². The Morgan fingerprint density at radius 1 is 1.00 bits per heavy atom. The summed E-state index contributed by atoms with van der Waals surface area (Å²) in [5, 5.41) is 7.63. The highest BCUT2D eigenvalue weighted by atomic mass is 14.7. The quantitative estimate of drug-likeness (QED) is 0.380. The van der Waals surface area contributed by atoms with E-state index in [0.29, 0.717) is 5.92 Å². The van der Waals surface area contributed by atoms with Crippen molar-refractivity contribution in [3.05, 3.63) is 56.5 Å². The highest BCUT2D eigenvalue weighted by Gasteiger charge is 2.27. The van der Waals surface area contributed by atoms with Crippen LogP contribution in [0.2, 0.25) is 0 Å². The zero-order chi connectivity index (χ0) is 21.6. The zero-order valence-electron chi connectivity index (χ0n) is 19.4. The van der Waals surface area contributed by atoms with E-state index in [-0.39, 0.29) is 0 Å². The molecule has 0 N–H and O–H groups in total. The zero-order valence-corrected chi connectivity index (χ0v) is 19.4. The Balaban J connectivity index is 2.05. The summed E-state index contributed by atoms with van der Waals surface area (Å²) in [6, 6.07) is 6.64. The third kappa shape index (κ3) is 3.02. The second kappa shape index (κ2) is 8.02. The summed E-state index contributed by atoms with van der Waals surface area (Å²) in [4.78, 5) is 4.67. The fourth-order valence-electron chi connectivity index (χ4n) is 5.97. The van der Waals surface area contributed by atoms with Gasteiger partial charge in [0.15, 0.2) is 0 Å². The number of nitrogens with zero attached hydrogens (tertiary/aromatic N) is 1. The molecule has 156 valence electrons. The van der Waals surface area contributed by atoms with Crippen LogP contribution in [-0.2, 0) is 19.3 Å². The van der Waals surface area contributed by atoms with Gasteiger partial charge in [-0.3, -0.25) is 4.99 Å². The van der Waals surface area contributed by atoms with Gasteiger partial charge in [0.05, 0.1) is 0 Å². The van der Waals surface area contributed by atoms with Gasteiger partial charge in [0, 0.05) is 18.7 Å². The molecule has 1 unspecified atom stereocenters. The smallest absolute Gasteiger partial charge is 0.0276 e. The molecule has 0 saturated carbocycles. The lowest BCUT2D eigenvalue weighted by Crippen LogP contribution is -2.26. The van der Waals surface area contributed by atoms with E-state index in [1.807, 2.05) is 7.05 Å². The van der Waals surface area contributed by atoms with Crippen LogP contribution in [0.25, 0.3) is 34.7 Å². The maximum Gasteiger partial charge on any atom is 0.0276 e. The predicted molar refractivity (Wildman–Crippen MR) is 134 cm³/mol. The first-order valence-corrected chi connectivity index (χ1v) is 11.6. The molecule has 3 aromatic carbocycles. The van der Waals surface area contributed by atoms with Crippen LogP contribution in [0.15, 0.2) is 23.2 Å². The molecule has 0 bridgehead atoms. The molecule has 0 aromatic heterocycles. The standard InChI is InChI=1S/C29H35N/c1-8-11-26(30-7)22-14-15-23-17(3)28-20(6)29-21(9-2)12-10-13-24(29)18(4)27(28)19(5)25(23)16-22/h10,12-13,22H,4,6,8-9,11,14-16H2,1-3,5,7H3. The van der Waals surface area contributed by atoms with Gasteiger partial charge in [-0.1, -0.05) is 51.6 Å². The van der Waals surface area contributed by atoms with Crippen molar-refractivity contribution in [2.75, 3.05) is 7.05 Å². The van der Waals surface area contributed by atoms with E-state index in [0.717, 1.165) is 25.7 Å². The van der Waals surface area contributed by atoms with Crippen LogP contribution >= 0.6 is 0 Å². The van der Waals surface area contributed by atoms with Gasteiger partial charge >= 0.3 is 0 Å². The number of hydrogen-bond acceptors (Lipinski definition) is 1. The molecule has 3 aromatic rings. The summed E-state index contributed by atoms with van der Waals surface area (Å²) in [6.45, 7) is 18.3. The molecular weight excluding hydrogens is 362 g/mol. The second-order valence-corrected chi connectivity index (χ2v) is 9.01. The maximum atomic E-state index is 4.67. The molecular formula is C29H35N. The van der Waals surface area contributed by atoms with Crippen LogP contribution in [0.4, 0.5) is 0 Å². The SMILES string of the molecule is C=c1c2cccc(CC)c2c(=C)c2c(C)c3c(c(C)c12)CC(C(CCC)=NC)CC3. The highest BCUT2D eigenvalue weighted by Crippen LogP contribution is 2.36. The average molecular weight is 398 g/mol. The minimum atomic E-state index is 0.581. The first-order valence-electron chi connectivity index (χ1n) is 11.6. The summed E-state index contributed by atoms with van der Waals surface area (Å²) < 4.78 is 0. The lowest BCUT2D eigenvalue weighted by atomic mass is 9.75.